The van der Waals surface area contributed by atoms with Gasteiger partial charge in [-0.2, -0.15) is 0 Å². The van der Waals surface area contributed by atoms with Crippen molar-refractivity contribution in [1.29, 1.82) is 0 Å². The number of hydrogen-bond acceptors (Lipinski definition) is 4. The molecule has 1 N–H and O–H groups in total. The summed E-state index contributed by atoms with van der Waals surface area (Å²) in [5.74, 6) is 1.61. The molecule has 4 saturated carbocycles. The summed E-state index contributed by atoms with van der Waals surface area (Å²) < 4.78 is 27.4. The van der Waals surface area contributed by atoms with E-state index in [9.17, 15) is 18.0 Å². The molecule has 0 saturated heterocycles. The quantitative estimate of drug-likeness (QED) is 0.299. The number of amides is 2. The predicted octanol–water partition coefficient (Wildman–Crippen LogP) is 6.95. The molecule has 10 heteroatoms. The van der Waals surface area contributed by atoms with Crippen LogP contribution in [0.3, 0.4) is 0 Å². The van der Waals surface area contributed by atoms with Gasteiger partial charge in [-0.25, -0.2) is 8.42 Å². The van der Waals surface area contributed by atoms with E-state index >= 15 is 0 Å². The third-order valence-corrected chi connectivity index (χ3v) is 11.6. The van der Waals surface area contributed by atoms with Gasteiger partial charge in [-0.05, 0) is 124 Å². The van der Waals surface area contributed by atoms with Crippen LogP contribution in [0.1, 0.15) is 83.8 Å². The second-order valence-corrected chi connectivity index (χ2v) is 17.2. The lowest BCUT2D eigenvalue weighted by atomic mass is 9.48. The molecule has 2 aromatic rings. The normalized spacial score (nSPS) is 25.0. The molecule has 6 rings (SSSR count). The number of anilines is 1. The highest BCUT2D eigenvalue weighted by Crippen LogP contribution is 2.60. The average Bonchev–Trinajstić information content (AvgIpc) is 2.91. The van der Waals surface area contributed by atoms with E-state index in [0.29, 0.717) is 27.7 Å². The van der Waals surface area contributed by atoms with E-state index < -0.39 is 34.1 Å². The summed E-state index contributed by atoms with van der Waals surface area (Å²) in [4.78, 5) is 28.9. The van der Waals surface area contributed by atoms with Crippen LogP contribution in [0, 0.1) is 17.8 Å². The highest BCUT2D eigenvalue weighted by molar-refractivity contribution is 7.92. The molecular formula is C34H45Cl2N3O4S. The summed E-state index contributed by atoms with van der Waals surface area (Å²) in [6, 6.07) is 12.1. The fourth-order valence-corrected chi connectivity index (χ4v) is 9.44. The van der Waals surface area contributed by atoms with E-state index in [1.165, 1.54) is 49.0 Å². The zero-order valence-electron chi connectivity index (χ0n) is 26.4. The van der Waals surface area contributed by atoms with Gasteiger partial charge < -0.3 is 10.2 Å². The van der Waals surface area contributed by atoms with Crippen LogP contribution in [-0.2, 0) is 31.6 Å². The van der Waals surface area contributed by atoms with Crippen molar-refractivity contribution in [2.24, 2.45) is 17.8 Å². The van der Waals surface area contributed by atoms with Crippen molar-refractivity contribution < 1.29 is 18.0 Å². The lowest BCUT2D eigenvalue weighted by Gasteiger charge is -2.57. The molecule has 0 heterocycles. The van der Waals surface area contributed by atoms with E-state index in [2.05, 4.69) is 17.4 Å². The van der Waals surface area contributed by atoms with Crippen LogP contribution in [-0.4, -0.2) is 49.5 Å². The topological polar surface area (TPSA) is 86.8 Å². The summed E-state index contributed by atoms with van der Waals surface area (Å²) in [6.07, 6.45) is 9.15. The molecule has 7 nitrogen and oxygen atoms in total. The molecule has 2 amide bonds. The fourth-order valence-electron chi connectivity index (χ4n) is 8.27. The SMILES string of the molecule is CC[C@H](C(=O)NC(C)(C)C)N(Cc1ccc(Cl)c(Cl)c1)C(=O)CN(c1ccc(C23CC4CC(CC(C4)C2)C3)cc1)S(C)(=O)=O. The third-order valence-electron chi connectivity index (χ3n) is 9.71. The molecule has 4 aliphatic rings. The van der Waals surface area contributed by atoms with Gasteiger partial charge in [0.1, 0.15) is 12.6 Å². The number of nitrogens with one attached hydrogen (secondary N) is 1. The van der Waals surface area contributed by atoms with Gasteiger partial charge in [-0.1, -0.05) is 48.3 Å². The predicted molar refractivity (Wildman–Crippen MR) is 177 cm³/mol. The van der Waals surface area contributed by atoms with E-state index in [0.717, 1.165) is 28.3 Å². The minimum Gasteiger partial charge on any atom is -0.350 e. The molecule has 0 spiro atoms. The van der Waals surface area contributed by atoms with Gasteiger partial charge in [0.25, 0.3) is 0 Å². The van der Waals surface area contributed by atoms with Crippen molar-refractivity contribution in [3.8, 4) is 0 Å². The molecular weight excluding hydrogens is 617 g/mol. The van der Waals surface area contributed by atoms with Crippen LogP contribution in [0.4, 0.5) is 5.69 Å². The van der Waals surface area contributed by atoms with Gasteiger partial charge in [0, 0.05) is 12.1 Å². The first-order valence-electron chi connectivity index (χ1n) is 15.7. The number of halogens is 2. The minimum atomic E-state index is -3.82. The van der Waals surface area contributed by atoms with Crippen LogP contribution >= 0.6 is 23.2 Å². The van der Waals surface area contributed by atoms with E-state index in [-0.39, 0.29) is 17.9 Å². The number of carbonyl (C=O) groups is 2. The van der Waals surface area contributed by atoms with E-state index in [1.54, 1.807) is 18.2 Å². The standard InChI is InChI=1S/C34H45Cl2N3O4S/c1-6-30(32(41)37-33(2,3)4)38(20-22-7-12-28(35)29(36)16-22)31(40)21-39(44(5,42)43)27-10-8-26(9-11-27)34-17-23-13-24(18-34)15-25(14-23)19-34/h7-12,16,23-25,30H,6,13-15,17-21H2,1-5H3,(H,37,41)/t23?,24?,25?,30-,34?/m1/s1. The summed E-state index contributed by atoms with van der Waals surface area (Å²) in [5.41, 5.74) is 2.08. The number of sulfonamides is 1. The van der Waals surface area contributed by atoms with E-state index in [4.69, 9.17) is 23.2 Å². The summed E-state index contributed by atoms with van der Waals surface area (Å²) in [5, 5.41) is 3.69. The number of carbonyl (C=O) groups excluding carboxylic acids is 2. The molecule has 44 heavy (non-hydrogen) atoms. The average molecular weight is 663 g/mol. The first kappa shape index (κ1) is 33.1. The largest absolute Gasteiger partial charge is 0.350 e. The molecule has 0 aromatic heterocycles. The van der Waals surface area contributed by atoms with Crippen LogP contribution in [0.5, 0.6) is 0 Å². The molecule has 0 aliphatic heterocycles. The van der Waals surface area contributed by atoms with Gasteiger partial charge >= 0.3 is 0 Å². The van der Waals surface area contributed by atoms with Crippen LogP contribution in [0.25, 0.3) is 0 Å². The van der Waals surface area contributed by atoms with Gasteiger partial charge in [-0.15, -0.1) is 0 Å². The van der Waals surface area contributed by atoms with Crippen molar-refractivity contribution in [1.82, 2.24) is 10.2 Å². The van der Waals surface area contributed by atoms with Crippen molar-refractivity contribution in [3.63, 3.8) is 0 Å². The smallest absolute Gasteiger partial charge is 0.244 e. The second kappa shape index (κ2) is 12.5. The van der Waals surface area contributed by atoms with Gasteiger partial charge in [0.15, 0.2) is 0 Å². The number of benzene rings is 2. The zero-order valence-corrected chi connectivity index (χ0v) is 28.7. The van der Waals surface area contributed by atoms with Gasteiger partial charge in [0.2, 0.25) is 21.8 Å². The van der Waals surface area contributed by atoms with Crippen LogP contribution in [0.15, 0.2) is 42.5 Å². The van der Waals surface area contributed by atoms with Crippen molar-refractivity contribution in [3.05, 3.63) is 63.6 Å². The Kier molecular flexibility index (Phi) is 9.39. The maximum absolute atomic E-state index is 14.1. The summed E-state index contributed by atoms with van der Waals surface area (Å²) in [6.45, 7) is 7.09. The Balaban J connectivity index is 1.42. The van der Waals surface area contributed by atoms with Crippen molar-refractivity contribution >= 4 is 50.7 Å². The fraction of sp³-hybridized carbons (Fsp3) is 0.588. The lowest BCUT2D eigenvalue weighted by Crippen LogP contribution is -2.55. The Hall–Kier alpha value is -2.29. The highest BCUT2D eigenvalue weighted by Gasteiger charge is 2.51. The minimum absolute atomic E-state index is 0.0638. The number of hydrogen-bond donors (Lipinski definition) is 1. The Morgan fingerprint density at radius 2 is 1.52 bits per heavy atom. The first-order chi connectivity index (χ1) is 20.6. The second-order valence-electron chi connectivity index (χ2n) is 14.4. The Labute approximate surface area is 272 Å². The molecule has 4 bridgehead atoms. The third kappa shape index (κ3) is 7.23. The van der Waals surface area contributed by atoms with Crippen LogP contribution < -0.4 is 9.62 Å². The van der Waals surface area contributed by atoms with Crippen molar-refractivity contribution in [2.75, 3.05) is 17.1 Å². The molecule has 4 aliphatic carbocycles. The molecule has 0 unspecified atom stereocenters. The Morgan fingerprint density at radius 3 is 2.00 bits per heavy atom. The van der Waals surface area contributed by atoms with Gasteiger partial charge in [-0.3, -0.25) is 13.9 Å². The van der Waals surface area contributed by atoms with Crippen LogP contribution in [0.2, 0.25) is 10.0 Å². The monoisotopic (exact) mass is 661 g/mol. The highest BCUT2D eigenvalue weighted by atomic mass is 35.5. The zero-order chi connectivity index (χ0) is 32.0. The van der Waals surface area contributed by atoms with Gasteiger partial charge in [0.05, 0.1) is 22.0 Å². The Morgan fingerprint density at radius 1 is 0.955 bits per heavy atom. The molecule has 1 atom stereocenters. The summed E-state index contributed by atoms with van der Waals surface area (Å²) in [7, 11) is -3.82. The van der Waals surface area contributed by atoms with Crippen molar-refractivity contribution in [2.45, 2.75) is 96.2 Å². The maximum atomic E-state index is 14.1. The summed E-state index contributed by atoms with van der Waals surface area (Å²) >= 11 is 12.4. The number of nitrogens with zero attached hydrogens (tertiary/aromatic N) is 2. The molecule has 4 fully saturated rings. The molecule has 2 aromatic carbocycles. The molecule has 0 radical (unpaired) electrons. The number of rotatable bonds is 10. The Bertz CT molecular complexity index is 1470. The first-order valence-corrected chi connectivity index (χ1v) is 18.3. The lowest BCUT2D eigenvalue weighted by molar-refractivity contribution is -0.141. The maximum Gasteiger partial charge on any atom is 0.244 e. The molecule has 240 valence electrons. The van der Waals surface area contributed by atoms with E-state index in [1.807, 2.05) is 39.8 Å².